The fraction of sp³-hybridized carbons (Fsp3) is 0.839. The SMILES string of the molecule is CC(=O)O[C@@H]1C[C@H]2[C@@H](CC[C@H]3Cc4nc5c(nc4C[C@@]32C)C[C@@H]2CC[C@H]3C4=C[C@@H]6O[C@]7(CC[C@](C)(O)CO7)[C@@H](C)[C@]6(O)[C@@]4(C)[C@H](O)C[C@@H]3[C@@]2(C)C5)C2=C[C@@H]3O[C@]4(O[C@](C)(CO)C[C@H]4O)[C@@H](C)[C@]3(O)[C@]21C. The molecule has 14 nitrogen and oxygen atoms in total. The van der Waals surface area contributed by atoms with E-state index in [9.17, 15) is 35.4 Å². The molecule has 1 aromatic heterocycles. The molecule has 4 saturated heterocycles. The van der Waals surface area contributed by atoms with Crippen LogP contribution in [-0.2, 0) is 54.2 Å². The summed E-state index contributed by atoms with van der Waals surface area (Å²) in [6.45, 7) is 17.7. The van der Waals surface area contributed by atoms with Crippen molar-refractivity contribution in [1.82, 2.24) is 9.97 Å². The Morgan fingerprint density at radius 1 is 0.729 bits per heavy atom. The van der Waals surface area contributed by atoms with Gasteiger partial charge in [0.05, 0.1) is 58.7 Å². The van der Waals surface area contributed by atoms with Crippen molar-refractivity contribution in [2.24, 2.45) is 69.0 Å². The van der Waals surface area contributed by atoms with Crippen LogP contribution in [0.4, 0.5) is 0 Å². The first-order valence-corrected chi connectivity index (χ1v) is 27.1. The van der Waals surface area contributed by atoms with Crippen molar-refractivity contribution in [3.8, 4) is 0 Å². The predicted molar refractivity (Wildman–Crippen MR) is 252 cm³/mol. The van der Waals surface area contributed by atoms with Crippen LogP contribution in [0.15, 0.2) is 23.3 Å². The molecule has 13 rings (SSSR count). The topological polar surface area (TPSA) is 210 Å². The molecular weight excluding hydrogens is 893 g/mol. The van der Waals surface area contributed by atoms with Crippen LogP contribution < -0.4 is 0 Å². The fourth-order valence-electron chi connectivity index (χ4n) is 19.6. The van der Waals surface area contributed by atoms with E-state index in [4.69, 9.17) is 33.7 Å². The number of carbonyl (C=O) groups excluding carboxylic acids is 1. The van der Waals surface area contributed by atoms with Crippen molar-refractivity contribution in [3.63, 3.8) is 0 Å². The smallest absolute Gasteiger partial charge is 0.302 e. The molecule has 70 heavy (non-hydrogen) atoms. The van der Waals surface area contributed by atoms with Crippen LogP contribution in [-0.4, -0.2) is 124 Å². The lowest BCUT2D eigenvalue weighted by Crippen LogP contribution is -2.65. The monoisotopic (exact) mass is 971 g/mol. The minimum absolute atomic E-state index is 0.117. The molecule has 4 aliphatic heterocycles. The average Bonchev–Trinajstić information content (AvgIpc) is 3.94. The zero-order valence-electron chi connectivity index (χ0n) is 42.8. The maximum Gasteiger partial charge on any atom is 0.302 e. The van der Waals surface area contributed by atoms with Crippen LogP contribution in [0.3, 0.4) is 0 Å². The molecule has 8 fully saturated rings. The lowest BCUT2D eigenvalue weighted by Gasteiger charge is -2.62. The summed E-state index contributed by atoms with van der Waals surface area (Å²) < 4.78 is 32.6. The van der Waals surface area contributed by atoms with Crippen molar-refractivity contribution >= 4 is 5.97 Å². The molecule has 0 aromatic carbocycles. The Bertz CT molecular complexity index is 2500. The molecule has 8 aliphatic carbocycles. The van der Waals surface area contributed by atoms with Crippen LogP contribution in [0.1, 0.15) is 143 Å². The Morgan fingerprint density at radius 3 is 1.83 bits per heavy atom. The van der Waals surface area contributed by atoms with Gasteiger partial charge in [-0.1, -0.05) is 57.9 Å². The number of esters is 1. The van der Waals surface area contributed by atoms with Gasteiger partial charge in [0.1, 0.15) is 35.6 Å². The largest absolute Gasteiger partial charge is 0.462 e. The van der Waals surface area contributed by atoms with Crippen molar-refractivity contribution in [3.05, 3.63) is 46.1 Å². The molecule has 0 amide bonds. The fourth-order valence-corrected chi connectivity index (χ4v) is 19.6. The minimum atomic E-state index is -1.54. The van der Waals surface area contributed by atoms with Gasteiger partial charge in [-0.2, -0.15) is 0 Å². The molecule has 2 spiro atoms. The number of hydrogen-bond acceptors (Lipinski definition) is 14. The summed E-state index contributed by atoms with van der Waals surface area (Å²) in [5.74, 6) is -2.63. The maximum absolute atomic E-state index is 13.2. The van der Waals surface area contributed by atoms with E-state index in [1.165, 1.54) is 6.92 Å². The van der Waals surface area contributed by atoms with E-state index >= 15 is 0 Å². The number of nitrogens with zero attached hydrogens (tertiary/aromatic N) is 2. The number of aliphatic hydroxyl groups is 6. The Kier molecular flexibility index (Phi) is 9.68. The first kappa shape index (κ1) is 47.4. The van der Waals surface area contributed by atoms with Gasteiger partial charge in [0.2, 0.25) is 5.79 Å². The van der Waals surface area contributed by atoms with Crippen LogP contribution in [0, 0.1) is 69.0 Å². The van der Waals surface area contributed by atoms with Gasteiger partial charge in [-0.25, -0.2) is 0 Å². The zero-order valence-corrected chi connectivity index (χ0v) is 42.8. The quantitative estimate of drug-likeness (QED) is 0.171. The maximum atomic E-state index is 13.2. The highest BCUT2D eigenvalue weighted by Crippen LogP contribution is 2.73. The van der Waals surface area contributed by atoms with Crippen molar-refractivity contribution in [1.29, 1.82) is 0 Å². The summed E-state index contributed by atoms with van der Waals surface area (Å²) >= 11 is 0. The lowest BCUT2D eigenvalue weighted by atomic mass is 9.44. The Morgan fingerprint density at radius 2 is 1.29 bits per heavy atom. The zero-order chi connectivity index (χ0) is 49.5. The number of fused-ring (bicyclic) bond motifs is 16. The van der Waals surface area contributed by atoms with E-state index in [2.05, 4.69) is 32.9 Å². The second-order valence-electron chi connectivity index (χ2n) is 26.9. The second-order valence-corrected chi connectivity index (χ2v) is 26.9. The number of carbonyl (C=O) groups is 1. The summed E-state index contributed by atoms with van der Waals surface area (Å²) in [4.78, 5) is 24.3. The van der Waals surface area contributed by atoms with Gasteiger partial charge in [-0.05, 0) is 138 Å². The third-order valence-corrected chi connectivity index (χ3v) is 23.8. The molecule has 1 aromatic rings. The highest BCUT2D eigenvalue weighted by molar-refractivity contribution is 5.66. The second kappa shape index (κ2) is 14.3. The van der Waals surface area contributed by atoms with Gasteiger partial charge >= 0.3 is 5.97 Å². The Balaban J connectivity index is 0.783. The number of rotatable bonds is 2. The van der Waals surface area contributed by atoms with E-state index in [-0.39, 0.29) is 54.1 Å². The average molecular weight is 971 g/mol. The molecule has 0 unspecified atom stereocenters. The van der Waals surface area contributed by atoms with Gasteiger partial charge in [0.25, 0.3) is 0 Å². The highest BCUT2D eigenvalue weighted by Gasteiger charge is 2.80. The predicted octanol–water partition coefficient (Wildman–Crippen LogP) is 4.98. The lowest BCUT2D eigenvalue weighted by molar-refractivity contribution is -0.289. The molecular formula is C56H78N2O12. The number of hydrogen-bond donors (Lipinski definition) is 6. The molecule has 14 heteroatoms. The minimum Gasteiger partial charge on any atom is -0.462 e. The Hall–Kier alpha value is -2.37. The molecule has 0 radical (unpaired) electrons. The number of aliphatic hydroxyl groups excluding tert-OH is 3. The molecule has 23 atom stereocenters. The third-order valence-electron chi connectivity index (χ3n) is 23.8. The standard InChI is InChI=1S/C56H78N2O12/c1-27-53(15-14-47(4,63)26-66-53)68-45-20-36-32-12-10-30-16-38-40(22-49(30,6)34(32)18-42(61)51(36,8)54(27,45)64)57-39-17-31-11-13-33-35(50(31,7)23-41(39)58-38)19-44(67-29(3)60)52(9)37(33)21-46-55(52,65)28(2)56(69-46)43(62)24-48(5,25-59)70-56/h20-21,27-28,30-35,42-46,59,61-65H,10-19,22-26H2,1-9H3/t27-,28+,30+,31+,32-,33-,34+,35+,42-,43-,44-,45+,46+,47+,48+,49+,50+,51-,52-,53-,54-,55-,56+/m1/s1. The number of ether oxygens (including phenoxy) is 5. The molecule has 5 heterocycles. The normalized spacial score (nSPS) is 57.6. The number of aromatic nitrogens is 2. The molecule has 384 valence electrons. The van der Waals surface area contributed by atoms with Crippen molar-refractivity contribution in [2.75, 3.05) is 13.2 Å². The highest BCUT2D eigenvalue weighted by atomic mass is 16.7. The summed E-state index contributed by atoms with van der Waals surface area (Å²) in [5, 5.41) is 71.1. The van der Waals surface area contributed by atoms with E-state index in [0.717, 1.165) is 85.3 Å². The molecule has 4 saturated carbocycles. The molecule has 12 aliphatic rings. The van der Waals surface area contributed by atoms with Crippen LogP contribution >= 0.6 is 0 Å². The summed E-state index contributed by atoms with van der Waals surface area (Å²) in [6, 6.07) is 0. The first-order chi connectivity index (χ1) is 32.8. The van der Waals surface area contributed by atoms with Gasteiger partial charge in [0.15, 0.2) is 5.79 Å². The Labute approximate surface area is 412 Å². The third kappa shape index (κ3) is 5.48. The van der Waals surface area contributed by atoms with E-state index in [1.807, 2.05) is 20.8 Å². The van der Waals surface area contributed by atoms with Gasteiger partial charge in [-0.3, -0.25) is 14.8 Å². The van der Waals surface area contributed by atoms with Crippen molar-refractivity contribution < 1.29 is 59.1 Å². The van der Waals surface area contributed by atoms with E-state index in [1.54, 1.807) is 13.8 Å². The van der Waals surface area contributed by atoms with Gasteiger partial charge in [-0.15, -0.1) is 0 Å². The van der Waals surface area contributed by atoms with Gasteiger partial charge < -0.3 is 54.3 Å². The van der Waals surface area contributed by atoms with Gasteiger partial charge in [0, 0.05) is 37.0 Å². The van der Waals surface area contributed by atoms with Crippen LogP contribution in [0.2, 0.25) is 0 Å². The summed E-state index contributed by atoms with van der Waals surface area (Å²) in [7, 11) is 0. The summed E-state index contributed by atoms with van der Waals surface area (Å²) in [5.41, 5.74) is -0.409. The van der Waals surface area contributed by atoms with E-state index < -0.39 is 93.1 Å². The molecule has 0 bridgehead atoms. The van der Waals surface area contributed by atoms with Crippen molar-refractivity contribution in [2.45, 2.75) is 210 Å². The summed E-state index contributed by atoms with van der Waals surface area (Å²) in [6.07, 6.45) is 9.89. The van der Waals surface area contributed by atoms with Crippen LogP contribution in [0.25, 0.3) is 0 Å². The molecule has 6 N–H and O–H groups in total. The van der Waals surface area contributed by atoms with Crippen LogP contribution in [0.5, 0.6) is 0 Å². The van der Waals surface area contributed by atoms with E-state index in [0.29, 0.717) is 37.5 Å². The first-order valence-electron chi connectivity index (χ1n) is 27.1.